The Kier molecular flexibility index (Phi) is 3.67. The molecule has 4 heteroatoms. The molecule has 0 aliphatic rings. The molecule has 0 saturated carbocycles. The Morgan fingerprint density at radius 2 is 2.17 bits per heavy atom. The molecule has 0 saturated heterocycles. The molecule has 1 heterocycles. The Morgan fingerprint density at radius 3 is 2.72 bits per heavy atom. The van der Waals surface area contributed by atoms with E-state index >= 15 is 0 Å². The van der Waals surface area contributed by atoms with Gasteiger partial charge in [0.25, 0.3) is 0 Å². The van der Waals surface area contributed by atoms with Crippen molar-refractivity contribution in [2.45, 2.75) is 19.9 Å². The van der Waals surface area contributed by atoms with Gasteiger partial charge in [0.15, 0.2) is 0 Å². The van der Waals surface area contributed by atoms with Crippen LogP contribution in [-0.4, -0.2) is 21.5 Å². The third kappa shape index (κ3) is 2.54. The van der Waals surface area contributed by atoms with Gasteiger partial charge in [-0.05, 0) is 31.5 Å². The lowest BCUT2D eigenvalue weighted by Gasteiger charge is -2.17. The first kappa shape index (κ1) is 12.6. The highest BCUT2D eigenvalue weighted by molar-refractivity contribution is 5.47. The smallest absolute Gasteiger partial charge is 0.0778 e. The molecular weight excluding hydrogens is 226 g/mol. The molecule has 0 aliphatic heterocycles. The number of aromatic nitrogens is 2. The topological polar surface area (TPSA) is 50.1 Å². The van der Waals surface area contributed by atoms with E-state index in [0.29, 0.717) is 0 Å². The summed E-state index contributed by atoms with van der Waals surface area (Å²) >= 11 is 0. The number of hydrogen-bond acceptors (Lipinski definition) is 3. The van der Waals surface area contributed by atoms with Gasteiger partial charge >= 0.3 is 0 Å². The molecule has 0 radical (unpaired) electrons. The number of aryl methyl sites for hydroxylation is 2. The van der Waals surface area contributed by atoms with Crippen molar-refractivity contribution in [3.05, 3.63) is 47.3 Å². The van der Waals surface area contributed by atoms with Crippen LogP contribution in [0.25, 0.3) is 0 Å². The normalized spacial score (nSPS) is 12.4. The highest BCUT2D eigenvalue weighted by Crippen LogP contribution is 2.22. The van der Waals surface area contributed by atoms with Gasteiger partial charge in [-0.3, -0.25) is 4.68 Å². The van der Waals surface area contributed by atoms with Gasteiger partial charge in [-0.1, -0.05) is 12.1 Å². The van der Waals surface area contributed by atoms with Crippen molar-refractivity contribution < 1.29 is 5.11 Å². The summed E-state index contributed by atoms with van der Waals surface area (Å²) in [6, 6.07) is 7.99. The number of aliphatic hydroxyl groups is 1. The molecule has 1 unspecified atom stereocenters. The van der Waals surface area contributed by atoms with E-state index in [4.69, 9.17) is 0 Å². The van der Waals surface area contributed by atoms with E-state index in [1.807, 2.05) is 30.8 Å². The van der Waals surface area contributed by atoms with Crippen LogP contribution in [0.2, 0.25) is 0 Å². The van der Waals surface area contributed by atoms with Crippen LogP contribution in [0.15, 0.2) is 30.5 Å². The van der Waals surface area contributed by atoms with Gasteiger partial charge in [-0.15, -0.1) is 0 Å². The minimum Gasteiger partial charge on any atom is -0.394 e. The zero-order valence-corrected chi connectivity index (χ0v) is 11.0. The molecule has 18 heavy (non-hydrogen) atoms. The van der Waals surface area contributed by atoms with Crippen LogP contribution in [0, 0.1) is 13.8 Å². The second kappa shape index (κ2) is 5.23. The lowest BCUT2D eigenvalue weighted by Crippen LogP contribution is -2.15. The summed E-state index contributed by atoms with van der Waals surface area (Å²) < 4.78 is 1.82. The summed E-state index contributed by atoms with van der Waals surface area (Å²) in [5.74, 6) is 0. The van der Waals surface area contributed by atoms with Gasteiger partial charge in [-0.2, -0.15) is 5.10 Å². The Labute approximate surface area is 107 Å². The van der Waals surface area contributed by atoms with Crippen LogP contribution in [0.1, 0.15) is 22.9 Å². The first-order valence-electron chi connectivity index (χ1n) is 6.04. The molecule has 1 aromatic carbocycles. The molecule has 0 spiro atoms. The lowest BCUT2D eigenvalue weighted by atomic mass is 10.1. The van der Waals surface area contributed by atoms with E-state index in [-0.39, 0.29) is 12.6 Å². The molecule has 2 N–H and O–H groups in total. The molecule has 4 nitrogen and oxygen atoms in total. The zero-order chi connectivity index (χ0) is 13.1. The minimum atomic E-state index is -0.125. The molecule has 1 atom stereocenters. The summed E-state index contributed by atoms with van der Waals surface area (Å²) in [5.41, 5.74) is 4.30. The number of hydrogen-bond donors (Lipinski definition) is 2. The van der Waals surface area contributed by atoms with Crippen molar-refractivity contribution >= 4 is 5.69 Å². The van der Waals surface area contributed by atoms with E-state index in [0.717, 1.165) is 16.9 Å². The van der Waals surface area contributed by atoms with Gasteiger partial charge < -0.3 is 10.4 Å². The molecular formula is C14H19N3O. The highest BCUT2D eigenvalue weighted by atomic mass is 16.3. The molecule has 2 rings (SSSR count). The summed E-state index contributed by atoms with van der Waals surface area (Å²) in [5, 5.41) is 17.1. The lowest BCUT2D eigenvalue weighted by molar-refractivity contribution is 0.276. The Balaban J connectivity index is 2.22. The van der Waals surface area contributed by atoms with Gasteiger partial charge in [0.1, 0.15) is 0 Å². The van der Waals surface area contributed by atoms with Crippen LogP contribution in [-0.2, 0) is 7.05 Å². The maximum Gasteiger partial charge on any atom is 0.0778 e. The highest BCUT2D eigenvalue weighted by Gasteiger charge is 2.15. The zero-order valence-electron chi connectivity index (χ0n) is 11.0. The Hall–Kier alpha value is -1.81. The van der Waals surface area contributed by atoms with Crippen molar-refractivity contribution in [3.63, 3.8) is 0 Å². The van der Waals surface area contributed by atoms with Crippen LogP contribution in [0.4, 0.5) is 5.69 Å². The number of benzene rings is 1. The van der Waals surface area contributed by atoms with Crippen molar-refractivity contribution in [1.29, 1.82) is 0 Å². The minimum absolute atomic E-state index is 0.0421. The molecule has 2 aromatic rings. The van der Waals surface area contributed by atoms with Crippen LogP contribution < -0.4 is 5.32 Å². The predicted octanol–water partition coefficient (Wildman–Crippen LogP) is 2.18. The summed E-state index contributed by atoms with van der Waals surface area (Å²) in [6.07, 6.45) is 1.80. The summed E-state index contributed by atoms with van der Waals surface area (Å²) in [7, 11) is 1.90. The maximum atomic E-state index is 9.54. The van der Waals surface area contributed by atoms with E-state index in [1.165, 1.54) is 5.56 Å². The largest absolute Gasteiger partial charge is 0.394 e. The maximum absolute atomic E-state index is 9.54. The summed E-state index contributed by atoms with van der Waals surface area (Å²) in [4.78, 5) is 0. The monoisotopic (exact) mass is 245 g/mol. The third-order valence-electron chi connectivity index (χ3n) is 3.19. The van der Waals surface area contributed by atoms with Crippen molar-refractivity contribution in [2.75, 3.05) is 11.9 Å². The fraction of sp³-hybridized carbons (Fsp3) is 0.357. The average molecular weight is 245 g/mol. The molecule has 96 valence electrons. The number of rotatable bonds is 4. The number of nitrogens with one attached hydrogen (secondary N) is 1. The Bertz CT molecular complexity index is 534. The number of nitrogens with zero attached hydrogens (tertiary/aromatic N) is 2. The number of anilines is 1. The molecule has 0 bridgehead atoms. The first-order chi connectivity index (χ1) is 8.61. The van der Waals surface area contributed by atoms with Crippen molar-refractivity contribution in [3.8, 4) is 0 Å². The predicted molar refractivity (Wildman–Crippen MR) is 72.6 cm³/mol. The Morgan fingerprint density at radius 1 is 1.39 bits per heavy atom. The molecule has 0 fully saturated rings. The molecule has 1 aromatic heterocycles. The fourth-order valence-electron chi connectivity index (χ4n) is 2.02. The second-order valence-electron chi connectivity index (χ2n) is 4.56. The van der Waals surface area contributed by atoms with Crippen LogP contribution >= 0.6 is 0 Å². The van der Waals surface area contributed by atoms with Crippen LogP contribution in [0.5, 0.6) is 0 Å². The SMILES string of the molecule is Cc1cccc(NC(CO)c2cnn(C)c2C)c1. The second-order valence-corrected chi connectivity index (χ2v) is 4.56. The van der Waals surface area contributed by atoms with Crippen LogP contribution in [0.3, 0.4) is 0 Å². The van der Waals surface area contributed by atoms with E-state index in [1.54, 1.807) is 6.20 Å². The van der Waals surface area contributed by atoms with Gasteiger partial charge in [0.05, 0.1) is 18.8 Å². The van der Waals surface area contributed by atoms with Crippen molar-refractivity contribution in [1.82, 2.24) is 9.78 Å². The van der Waals surface area contributed by atoms with E-state index < -0.39 is 0 Å². The quantitative estimate of drug-likeness (QED) is 0.868. The molecule has 0 aliphatic carbocycles. The fourth-order valence-corrected chi connectivity index (χ4v) is 2.02. The van der Waals surface area contributed by atoms with E-state index in [9.17, 15) is 5.11 Å². The van der Waals surface area contributed by atoms with Gasteiger partial charge in [-0.25, -0.2) is 0 Å². The first-order valence-corrected chi connectivity index (χ1v) is 6.04. The van der Waals surface area contributed by atoms with Crippen molar-refractivity contribution in [2.24, 2.45) is 7.05 Å². The molecule has 0 amide bonds. The standard InChI is InChI=1S/C14H19N3O/c1-10-5-4-6-12(7-10)16-14(9-18)13-8-15-17(3)11(13)2/h4-8,14,16,18H,9H2,1-3H3. The summed E-state index contributed by atoms with van der Waals surface area (Å²) in [6.45, 7) is 4.10. The van der Waals surface area contributed by atoms with Gasteiger partial charge in [0, 0.05) is 24.0 Å². The van der Waals surface area contributed by atoms with Gasteiger partial charge in [0.2, 0.25) is 0 Å². The average Bonchev–Trinajstić information content (AvgIpc) is 2.67. The third-order valence-corrected chi connectivity index (χ3v) is 3.19. The van der Waals surface area contributed by atoms with E-state index in [2.05, 4.69) is 29.5 Å². The number of aliphatic hydroxyl groups excluding tert-OH is 1.